The van der Waals surface area contributed by atoms with Gasteiger partial charge in [0.2, 0.25) is 0 Å². The van der Waals surface area contributed by atoms with Gasteiger partial charge in [-0.15, -0.1) is 0 Å². The van der Waals surface area contributed by atoms with E-state index in [9.17, 15) is 0 Å². The largest absolute Gasteiger partial charge is 0.397 e. The summed E-state index contributed by atoms with van der Waals surface area (Å²) in [7, 11) is 0. The summed E-state index contributed by atoms with van der Waals surface area (Å²) < 4.78 is 5.17. The van der Waals surface area contributed by atoms with Crippen LogP contribution in [-0.4, -0.2) is 20.1 Å². The molecule has 0 saturated heterocycles. The van der Waals surface area contributed by atoms with Crippen LogP contribution in [0, 0.1) is 0 Å². The van der Waals surface area contributed by atoms with Gasteiger partial charge in [0.25, 0.3) is 5.89 Å². The highest BCUT2D eigenvalue weighted by atomic mass is 16.5. The van der Waals surface area contributed by atoms with Gasteiger partial charge in [-0.05, 0) is 24.3 Å². The van der Waals surface area contributed by atoms with E-state index in [0.29, 0.717) is 29.5 Å². The molecular formula is C13H11N5O. The predicted molar refractivity (Wildman–Crippen MR) is 69.0 cm³/mol. The number of nitrogens with zero attached hydrogens (tertiary/aromatic N) is 4. The molecule has 3 rings (SSSR count). The molecule has 6 heteroatoms. The molecule has 0 bridgehead atoms. The highest BCUT2D eigenvalue weighted by Crippen LogP contribution is 2.21. The maximum atomic E-state index is 5.81. The minimum atomic E-state index is 0.323. The van der Waals surface area contributed by atoms with E-state index in [1.165, 1.54) is 0 Å². The van der Waals surface area contributed by atoms with Gasteiger partial charge < -0.3 is 10.3 Å². The van der Waals surface area contributed by atoms with Gasteiger partial charge in [0.05, 0.1) is 12.1 Å². The first-order chi connectivity index (χ1) is 9.33. The Morgan fingerprint density at radius 1 is 1.05 bits per heavy atom. The number of anilines is 1. The van der Waals surface area contributed by atoms with Gasteiger partial charge in [-0.25, -0.2) is 4.98 Å². The van der Waals surface area contributed by atoms with Gasteiger partial charge in [-0.2, -0.15) is 4.98 Å². The monoisotopic (exact) mass is 253 g/mol. The average molecular weight is 253 g/mol. The van der Waals surface area contributed by atoms with Crippen LogP contribution in [0.15, 0.2) is 47.2 Å². The van der Waals surface area contributed by atoms with Crippen molar-refractivity contribution in [3.63, 3.8) is 0 Å². The molecule has 0 atom stereocenters. The first kappa shape index (κ1) is 11.3. The fourth-order valence-corrected chi connectivity index (χ4v) is 1.68. The fraction of sp³-hybridized carbons (Fsp3) is 0.0769. The number of nitrogens with two attached hydrogens (primary N) is 1. The molecule has 0 aliphatic carbocycles. The summed E-state index contributed by atoms with van der Waals surface area (Å²) in [5.41, 5.74) is 7.70. The van der Waals surface area contributed by atoms with Crippen LogP contribution in [0.4, 0.5) is 5.69 Å². The standard InChI is InChI=1S/C13H11N5O/c14-10-5-3-7-16-12(10)13-17-11(18-19-13)8-9-4-1-2-6-15-9/h1-7H,8,14H2. The molecule has 0 aromatic carbocycles. The Balaban J connectivity index is 1.86. The Hall–Kier alpha value is -2.76. The van der Waals surface area contributed by atoms with Gasteiger partial charge in [0.15, 0.2) is 11.5 Å². The van der Waals surface area contributed by atoms with Crippen molar-refractivity contribution in [3.05, 3.63) is 54.2 Å². The number of aromatic nitrogens is 4. The van der Waals surface area contributed by atoms with Crippen LogP contribution < -0.4 is 5.73 Å². The summed E-state index contributed by atoms with van der Waals surface area (Å²) in [4.78, 5) is 12.6. The number of hydrogen-bond acceptors (Lipinski definition) is 6. The molecule has 3 aromatic rings. The average Bonchev–Trinajstić information content (AvgIpc) is 2.89. The third kappa shape index (κ3) is 2.42. The summed E-state index contributed by atoms with van der Waals surface area (Å²) in [6.45, 7) is 0. The van der Waals surface area contributed by atoms with Crippen molar-refractivity contribution in [2.24, 2.45) is 0 Å². The van der Waals surface area contributed by atoms with Crippen LogP contribution >= 0.6 is 0 Å². The lowest BCUT2D eigenvalue weighted by atomic mass is 10.2. The van der Waals surface area contributed by atoms with E-state index in [0.717, 1.165) is 5.69 Å². The second kappa shape index (κ2) is 4.85. The van der Waals surface area contributed by atoms with Crippen molar-refractivity contribution < 1.29 is 4.52 Å². The first-order valence-corrected chi connectivity index (χ1v) is 5.76. The molecule has 3 aromatic heterocycles. The minimum absolute atomic E-state index is 0.323. The van der Waals surface area contributed by atoms with Crippen LogP contribution in [0.3, 0.4) is 0 Å². The van der Waals surface area contributed by atoms with Crippen LogP contribution in [0.2, 0.25) is 0 Å². The molecule has 0 radical (unpaired) electrons. The van der Waals surface area contributed by atoms with Gasteiger partial charge >= 0.3 is 0 Å². The number of pyridine rings is 2. The number of rotatable bonds is 3. The summed E-state index contributed by atoms with van der Waals surface area (Å²) in [6.07, 6.45) is 3.87. The van der Waals surface area contributed by atoms with Gasteiger partial charge in [0, 0.05) is 18.1 Å². The molecule has 2 N–H and O–H groups in total. The third-order valence-corrected chi connectivity index (χ3v) is 2.57. The quantitative estimate of drug-likeness (QED) is 0.763. The summed E-state index contributed by atoms with van der Waals surface area (Å²) in [5.74, 6) is 0.878. The number of hydrogen-bond donors (Lipinski definition) is 1. The molecule has 0 aliphatic heterocycles. The molecule has 94 valence electrons. The number of nitrogen functional groups attached to an aromatic ring is 1. The third-order valence-electron chi connectivity index (χ3n) is 2.57. The Labute approximate surface area is 109 Å². The van der Waals surface area contributed by atoms with Gasteiger partial charge in [-0.1, -0.05) is 11.2 Å². The van der Waals surface area contributed by atoms with E-state index >= 15 is 0 Å². The zero-order valence-corrected chi connectivity index (χ0v) is 10.0. The minimum Gasteiger partial charge on any atom is -0.397 e. The van der Waals surface area contributed by atoms with E-state index in [1.54, 1.807) is 24.5 Å². The fourth-order valence-electron chi connectivity index (χ4n) is 1.68. The van der Waals surface area contributed by atoms with Crippen LogP contribution in [0.5, 0.6) is 0 Å². The predicted octanol–water partition coefficient (Wildman–Crippen LogP) is 1.70. The summed E-state index contributed by atoms with van der Waals surface area (Å²) in [5, 5.41) is 3.91. The van der Waals surface area contributed by atoms with Crippen molar-refractivity contribution in [2.45, 2.75) is 6.42 Å². The van der Waals surface area contributed by atoms with Crippen molar-refractivity contribution in [1.29, 1.82) is 0 Å². The molecular weight excluding hydrogens is 242 g/mol. The molecule has 0 spiro atoms. The highest BCUT2D eigenvalue weighted by Gasteiger charge is 2.13. The van der Waals surface area contributed by atoms with E-state index in [1.807, 2.05) is 18.2 Å². The van der Waals surface area contributed by atoms with Crippen molar-refractivity contribution >= 4 is 5.69 Å². The molecule has 3 heterocycles. The highest BCUT2D eigenvalue weighted by molar-refractivity contribution is 5.65. The lowest BCUT2D eigenvalue weighted by Gasteiger charge is -1.96. The van der Waals surface area contributed by atoms with E-state index < -0.39 is 0 Å². The van der Waals surface area contributed by atoms with E-state index in [2.05, 4.69) is 20.1 Å². The zero-order valence-electron chi connectivity index (χ0n) is 10.0. The van der Waals surface area contributed by atoms with Crippen LogP contribution in [0.25, 0.3) is 11.6 Å². The Kier molecular flexibility index (Phi) is 2.89. The maximum Gasteiger partial charge on any atom is 0.278 e. The Morgan fingerprint density at radius 3 is 2.74 bits per heavy atom. The molecule has 0 fully saturated rings. The first-order valence-electron chi connectivity index (χ1n) is 5.76. The Bertz CT molecular complexity index is 680. The van der Waals surface area contributed by atoms with Gasteiger partial charge in [0.1, 0.15) is 0 Å². The molecule has 0 aliphatic rings. The maximum absolute atomic E-state index is 5.81. The second-order valence-corrected chi connectivity index (χ2v) is 3.95. The molecule has 0 saturated carbocycles. The van der Waals surface area contributed by atoms with E-state index in [-0.39, 0.29) is 0 Å². The second-order valence-electron chi connectivity index (χ2n) is 3.95. The van der Waals surface area contributed by atoms with Gasteiger partial charge in [-0.3, -0.25) is 4.98 Å². The van der Waals surface area contributed by atoms with Crippen molar-refractivity contribution in [3.8, 4) is 11.6 Å². The lowest BCUT2D eigenvalue weighted by molar-refractivity contribution is 0.422. The molecule has 0 amide bonds. The molecule has 19 heavy (non-hydrogen) atoms. The SMILES string of the molecule is Nc1cccnc1-c1nc(Cc2ccccn2)no1. The molecule has 6 nitrogen and oxygen atoms in total. The van der Waals surface area contributed by atoms with Crippen LogP contribution in [0.1, 0.15) is 11.5 Å². The Morgan fingerprint density at radius 2 is 1.95 bits per heavy atom. The smallest absolute Gasteiger partial charge is 0.278 e. The van der Waals surface area contributed by atoms with Crippen molar-refractivity contribution in [1.82, 2.24) is 20.1 Å². The summed E-state index contributed by atoms with van der Waals surface area (Å²) in [6, 6.07) is 9.18. The topological polar surface area (TPSA) is 90.7 Å². The lowest BCUT2D eigenvalue weighted by Crippen LogP contribution is -1.95. The van der Waals surface area contributed by atoms with Crippen LogP contribution in [-0.2, 0) is 6.42 Å². The molecule has 0 unspecified atom stereocenters. The van der Waals surface area contributed by atoms with E-state index in [4.69, 9.17) is 10.3 Å². The van der Waals surface area contributed by atoms with Crippen molar-refractivity contribution in [2.75, 3.05) is 5.73 Å². The zero-order chi connectivity index (χ0) is 13.1. The summed E-state index contributed by atoms with van der Waals surface area (Å²) >= 11 is 0. The normalized spacial score (nSPS) is 10.5.